The number of carbonyl (C=O) groups is 1. The number of aliphatic hydroxyl groups excluding tert-OH is 1. The number of rotatable bonds is 6. The van der Waals surface area contributed by atoms with Gasteiger partial charge in [0.25, 0.3) is 5.91 Å². The number of aromatic nitrogens is 3. The first-order valence-electron chi connectivity index (χ1n) is 6.59. The largest absolute Gasteiger partial charge is 0.395 e. The number of benzene rings is 1. The first-order valence-corrected chi connectivity index (χ1v) is 6.59. The summed E-state index contributed by atoms with van der Waals surface area (Å²) in [5.74, 6) is -0.320. The number of amides is 1. The van der Waals surface area contributed by atoms with Crippen molar-refractivity contribution in [1.29, 1.82) is 0 Å². The maximum atomic E-state index is 11.9. The zero-order valence-corrected chi connectivity index (χ0v) is 11.7. The molecule has 2 rings (SSSR count). The summed E-state index contributed by atoms with van der Waals surface area (Å²) in [6, 6.07) is 7.33. The van der Waals surface area contributed by atoms with Gasteiger partial charge in [0.1, 0.15) is 0 Å². The smallest absolute Gasteiger partial charge is 0.293 e. The number of carbonyl (C=O) groups excluding carboxylic acids is 1. The van der Waals surface area contributed by atoms with E-state index in [1.807, 2.05) is 24.0 Å². The predicted molar refractivity (Wildman–Crippen MR) is 80.2 cm³/mol. The summed E-state index contributed by atoms with van der Waals surface area (Å²) >= 11 is 0. The summed E-state index contributed by atoms with van der Waals surface area (Å²) in [5, 5.41) is 17.7. The molecule has 21 heavy (non-hydrogen) atoms. The molecule has 0 saturated carbocycles. The number of nitrogen functional groups attached to an aromatic ring is 1. The molecule has 0 unspecified atom stereocenters. The molecular formula is C13H18N6O2. The molecule has 0 aliphatic rings. The Morgan fingerprint density at radius 2 is 2.14 bits per heavy atom. The molecular weight excluding hydrogens is 272 g/mol. The van der Waals surface area contributed by atoms with E-state index >= 15 is 0 Å². The van der Waals surface area contributed by atoms with Crippen LogP contribution in [0.4, 0.5) is 17.3 Å². The Morgan fingerprint density at radius 3 is 2.67 bits per heavy atom. The number of likely N-dealkylation sites (N-methyl/N-ethyl adjacent to an activating group) is 1. The van der Waals surface area contributed by atoms with E-state index in [2.05, 4.69) is 20.5 Å². The molecule has 0 atom stereocenters. The fourth-order valence-corrected chi connectivity index (χ4v) is 1.91. The van der Waals surface area contributed by atoms with Gasteiger partial charge in [-0.2, -0.15) is 4.98 Å². The van der Waals surface area contributed by atoms with Crippen molar-refractivity contribution in [2.45, 2.75) is 6.92 Å². The van der Waals surface area contributed by atoms with Gasteiger partial charge in [0.15, 0.2) is 0 Å². The second-order valence-corrected chi connectivity index (χ2v) is 4.35. The Labute approximate surface area is 122 Å². The molecule has 112 valence electrons. The van der Waals surface area contributed by atoms with Crippen LogP contribution in [0.25, 0.3) is 0 Å². The van der Waals surface area contributed by atoms with Crippen LogP contribution in [0.5, 0.6) is 0 Å². The molecule has 8 heteroatoms. The maximum absolute atomic E-state index is 11.9. The van der Waals surface area contributed by atoms with Gasteiger partial charge in [-0.05, 0) is 31.2 Å². The molecule has 0 saturated heterocycles. The van der Waals surface area contributed by atoms with Crippen LogP contribution in [0.2, 0.25) is 0 Å². The van der Waals surface area contributed by atoms with E-state index in [-0.39, 0.29) is 18.4 Å². The second kappa shape index (κ2) is 6.71. The molecule has 1 amide bonds. The predicted octanol–water partition coefficient (Wildman–Crippen LogP) is 0.458. The van der Waals surface area contributed by atoms with Crippen molar-refractivity contribution in [3.8, 4) is 0 Å². The molecule has 1 heterocycles. The lowest BCUT2D eigenvalue weighted by atomic mass is 10.2. The highest BCUT2D eigenvalue weighted by Gasteiger charge is 2.11. The highest BCUT2D eigenvalue weighted by atomic mass is 16.3. The van der Waals surface area contributed by atoms with Crippen LogP contribution in [0.3, 0.4) is 0 Å². The molecule has 1 aromatic carbocycles. The van der Waals surface area contributed by atoms with Crippen molar-refractivity contribution in [1.82, 2.24) is 15.2 Å². The molecule has 0 spiro atoms. The average Bonchev–Trinajstić information content (AvgIpc) is 2.92. The van der Waals surface area contributed by atoms with Gasteiger partial charge in [0.2, 0.25) is 11.8 Å². The average molecular weight is 290 g/mol. The topological polar surface area (TPSA) is 120 Å². The highest BCUT2D eigenvalue weighted by Crippen LogP contribution is 2.18. The number of aromatic amines is 1. The van der Waals surface area contributed by atoms with Gasteiger partial charge in [-0.25, -0.2) is 0 Å². The minimum Gasteiger partial charge on any atom is -0.395 e. The number of hydrogen-bond acceptors (Lipinski definition) is 6. The molecule has 0 aliphatic carbocycles. The maximum Gasteiger partial charge on any atom is 0.293 e. The first kappa shape index (κ1) is 14.8. The van der Waals surface area contributed by atoms with Gasteiger partial charge in [0.05, 0.1) is 6.61 Å². The summed E-state index contributed by atoms with van der Waals surface area (Å²) < 4.78 is 0. The summed E-state index contributed by atoms with van der Waals surface area (Å²) in [6.45, 7) is 3.47. The summed E-state index contributed by atoms with van der Waals surface area (Å²) in [5.41, 5.74) is 6.97. The van der Waals surface area contributed by atoms with Crippen LogP contribution < -0.4 is 16.0 Å². The molecule has 1 aromatic heterocycles. The minimum atomic E-state index is -0.408. The fourth-order valence-electron chi connectivity index (χ4n) is 1.91. The Bertz CT molecular complexity index is 595. The van der Waals surface area contributed by atoms with E-state index in [0.717, 1.165) is 12.2 Å². The van der Waals surface area contributed by atoms with Gasteiger partial charge in [-0.1, -0.05) is 0 Å². The molecule has 0 aliphatic heterocycles. The number of hydrogen-bond donors (Lipinski definition) is 4. The third-order valence-corrected chi connectivity index (χ3v) is 2.96. The summed E-state index contributed by atoms with van der Waals surface area (Å²) in [4.78, 5) is 17.6. The van der Waals surface area contributed by atoms with Crippen molar-refractivity contribution in [2.75, 3.05) is 35.6 Å². The van der Waals surface area contributed by atoms with E-state index < -0.39 is 5.91 Å². The van der Waals surface area contributed by atoms with Crippen LogP contribution in [0.1, 0.15) is 17.5 Å². The lowest BCUT2D eigenvalue weighted by Gasteiger charge is -2.22. The third kappa shape index (κ3) is 3.69. The van der Waals surface area contributed by atoms with Gasteiger partial charge < -0.3 is 21.1 Å². The number of anilines is 3. The number of H-pyrrole nitrogens is 1. The lowest BCUT2D eigenvalue weighted by Crippen LogP contribution is -2.26. The molecule has 0 radical (unpaired) electrons. The van der Waals surface area contributed by atoms with Crippen molar-refractivity contribution >= 4 is 23.2 Å². The fraction of sp³-hybridized carbons (Fsp3) is 0.308. The van der Waals surface area contributed by atoms with E-state index in [9.17, 15) is 4.79 Å². The second-order valence-electron chi connectivity index (χ2n) is 4.35. The van der Waals surface area contributed by atoms with Gasteiger partial charge in [-0.3, -0.25) is 9.89 Å². The van der Waals surface area contributed by atoms with E-state index in [4.69, 9.17) is 10.8 Å². The van der Waals surface area contributed by atoms with Crippen LogP contribution in [-0.2, 0) is 0 Å². The summed E-state index contributed by atoms with van der Waals surface area (Å²) in [6.07, 6.45) is 0. The van der Waals surface area contributed by atoms with E-state index in [1.165, 1.54) is 0 Å². The number of nitrogens with two attached hydrogens (primary N) is 1. The van der Waals surface area contributed by atoms with Crippen molar-refractivity contribution < 1.29 is 9.90 Å². The van der Waals surface area contributed by atoms with E-state index in [0.29, 0.717) is 12.2 Å². The van der Waals surface area contributed by atoms with Crippen molar-refractivity contribution in [3.63, 3.8) is 0 Å². The van der Waals surface area contributed by atoms with Crippen LogP contribution in [0, 0.1) is 0 Å². The van der Waals surface area contributed by atoms with Gasteiger partial charge in [0, 0.05) is 24.5 Å². The molecule has 2 aromatic rings. The van der Waals surface area contributed by atoms with Crippen LogP contribution in [0.15, 0.2) is 24.3 Å². The Kier molecular flexibility index (Phi) is 4.72. The van der Waals surface area contributed by atoms with Gasteiger partial charge >= 0.3 is 0 Å². The standard InChI is InChI=1S/C13H18N6O2/c1-2-19(7-8-20)10-5-3-9(4-6-10)15-12(21)11-16-13(14)18-17-11/h3-6,20H,2,7-8H2,1H3,(H,15,21)(H3,14,16,17,18). The number of nitrogens with zero attached hydrogens (tertiary/aromatic N) is 3. The Hall–Kier alpha value is -2.61. The minimum absolute atomic E-state index is 0.0260. The quantitative estimate of drug-likeness (QED) is 0.613. The molecule has 0 bridgehead atoms. The van der Waals surface area contributed by atoms with Crippen LogP contribution >= 0.6 is 0 Å². The first-order chi connectivity index (χ1) is 10.1. The highest BCUT2D eigenvalue weighted by molar-refractivity contribution is 6.01. The molecule has 5 N–H and O–H groups in total. The van der Waals surface area contributed by atoms with E-state index in [1.54, 1.807) is 12.1 Å². The zero-order valence-electron chi connectivity index (χ0n) is 11.7. The van der Waals surface area contributed by atoms with Crippen molar-refractivity contribution in [2.24, 2.45) is 0 Å². The monoisotopic (exact) mass is 290 g/mol. The lowest BCUT2D eigenvalue weighted by molar-refractivity contribution is 0.101. The zero-order chi connectivity index (χ0) is 15.2. The Morgan fingerprint density at radius 1 is 1.43 bits per heavy atom. The molecule has 8 nitrogen and oxygen atoms in total. The normalized spacial score (nSPS) is 10.4. The third-order valence-electron chi connectivity index (χ3n) is 2.96. The molecule has 0 fully saturated rings. The number of nitrogens with one attached hydrogen (secondary N) is 2. The SMILES string of the molecule is CCN(CCO)c1ccc(NC(=O)c2nc(N)n[nH]2)cc1. The van der Waals surface area contributed by atoms with Crippen LogP contribution in [-0.4, -0.2) is 45.9 Å². The summed E-state index contributed by atoms with van der Waals surface area (Å²) in [7, 11) is 0. The van der Waals surface area contributed by atoms with Gasteiger partial charge in [-0.15, -0.1) is 5.10 Å². The Balaban J connectivity index is 2.03. The van der Waals surface area contributed by atoms with Crippen molar-refractivity contribution in [3.05, 3.63) is 30.1 Å². The number of aliphatic hydroxyl groups is 1.